The molecule has 3 rings (SSSR count). The largest absolute Gasteiger partial charge is 0.467 e. The molecule has 184 valence electrons. The Labute approximate surface area is 212 Å². The minimum absolute atomic E-state index is 0.383. The fraction of sp³-hybridized carbons (Fsp3) is 0.481. The first kappa shape index (κ1) is 26.4. The Morgan fingerprint density at radius 1 is 1.03 bits per heavy atom. The van der Waals surface area contributed by atoms with Gasteiger partial charge in [0.15, 0.2) is 0 Å². The lowest BCUT2D eigenvalue weighted by Gasteiger charge is -2.35. The Kier molecular flexibility index (Phi) is 9.26. The number of esters is 1. The molecule has 1 unspecified atom stereocenters. The van der Waals surface area contributed by atoms with Gasteiger partial charge in [-0.05, 0) is 47.7 Å². The number of carbonyl (C=O) groups excluding carboxylic acids is 2. The lowest BCUT2D eigenvalue weighted by molar-refractivity contribution is -0.143. The highest BCUT2D eigenvalue weighted by Crippen LogP contribution is 2.41. The number of hydrogen-bond acceptors (Lipinski definition) is 4. The summed E-state index contributed by atoms with van der Waals surface area (Å²) in [6.07, 6.45) is 4.85. The molecule has 1 aliphatic rings. The maximum Gasteiger partial charge on any atom is 0.408 e. The quantitative estimate of drug-likeness (QED) is 0.383. The summed E-state index contributed by atoms with van der Waals surface area (Å²) in [5, 5.41) is 3.96. The van der Waals surface area contributed by atoms with E-state index in [1.165, 1.54) is 13.5 Å². The van der Waals surface area contributed by atoms with Crippen LogP contribution in [0.2, 0.25) is 10.0 Å². The van der Waals surface area contributed by atoms with Gasteiger partial charge in [0.1, 0.15) is 12.1 Å². The number of carbonyl (C=O) groups is 2. The van der Waals surface area contributed by atoms with Crippen LogP contribution in [0.4, 0.5) is 4.79 Å². The molecule has 0 radical (unpaired) electrons. The molecule has 7 heteroatoms. The number of amides is 1. The number of methoxy groups -OCH3 is 1. The Hall–Kier alpha value is -2.24. The average Bonchev–Trinajstić information content (AvgIpc) is 2.83. The first-order valence-electron chi connectivity index (χ1n) is 11.8. The van der Waals surface area contributed by atoms with E-state index in [-0.39, 0.29) is 0 Å². The predicted molar refractivity (Wildman–Crippen MR) is 135 cm³/mol. The van der Waals surface area contributed by atoms with E-state index in [1.807, 2.05) is 44.2 Å². The van der Waals surface area contributed by atoms with Gasteiger partial charge in [-0.3, -0.25) is 0 Å². The van der Waals surface area contributed by atoms with Crippen molar-refractivity contribution in [2.75, 3.05) is 7.11 Å². The van der Waals surface area contributed by atoms with E-state index in [1.54, 1.807) is 18.2 Å². The van der Waals surface area contributed by atoms with Crippen LogP contribution in [0.1, 0.15) is 69.6 Å². The zero-order valence-corrected chi connectivity index (χ0v) is 21.5. The van der Waals surface area contributed by atoms with Crippen LogP contribution in [0.25, 0.3) is 0 Å². The number of rotatable bonds is 8. The van der Waals surface area contributed by atoms with Crippen molar-refractivity contribution in [2.45, 2.75) is 69.9 Å². The van der Waals surface area contributed by atoms with Crippen LogP contribution in [0.5, 0.6) is 0 Å². The molecule has 0 heterocycles. The van der Waals surface area contributed by atoms with Crippen LogP contribution in [-0.4, -0.2) is 25.2 Å². The Balaban J connectivity index is 1.83. The fourth-order valence-corrected chi connectivity index (χ4v) is 5.02. The number of nitrogens with one attached hydrogen (secondary N) is 1. The second-order valence-corrected chi connectivity index (χ2v) is 10.4. The van der Waals surface area contributed by atoms with E-state index in [9.17, 15) is 9.59 Å². The first-order valence-corrected chi connectivity index (χ1v) is 12.5. The van der Waals surface area contributed by atoms with Crippen LogP contribution in [0.15, 0.2) is 48.5 Å². The first-order chi connectivity index (χ1) is 16.2. The van der Waals surface area contributed by atoms with Crippen molar-refractivity contribution in [1.29, 1.82) is 0 Å². The third-order valence-electron chi connectivity index (χ3n) is 6.69. The van der Waals surface area contributed by atoms with Crippen LogP contribution in [0, 0.1) is 5.92 Å². The van der Waals surface area contributed by atoms with Crippen molar-refractivity contribution in [3.63, 3.8) is 0 Å². The van der Waals surface area contributed by atoms with E-state index < -0.39 is 29.6 Å². The topological polar surface area (TPSA) is 64.6 Å². The minimum Gasteiger partial charge on any atom is -0.467 e. The van der Waals surface area contributed by atoms with Crippen LogP contribution >= 0.6 is 23.2 Å². The lowest BCUT2D eigenvalue weighted by Crippen LogP contribution is -2.44. The molecule has 0 bridgehead atoms. The summed E-state index contributed by atoms with van der Waals surface area (Å²) in [6, 6.07) is 14.0. The molecular formula is C27H33Cl2NO4. The van der Waals surface area contributed by atoms with Gasteiger partial charge in [-0.2, -0.15) is 0 Å². The third kappa shape index (κ3) is 6.89. The summed E-state index contributed by atoms with van der Waals surface area (Å²) in [6.45, 7) is 3.98. The summed E-state index contributed by atoms with van der Waals surface area (Å²) in [7, 11) is 1.34. The highest BCUT2D eigenvalue weighted by atomic mass is 35.5. The summed E-state index contributed by atoms with van der Waals surface area (Å²) in [5.74, 6) is -0.0761. The van der Waals surface area contributed by atoms with E-state index in [2.05, 4.69) is 5.32 Å². The fourth-order valence-electron chi connectivity index (χ4n) is 4.71. The monoisotopic (exact) mass is 505 g/mol. The zero-order valence-electron chi connectivity index (χ0n) is 20.0. The molecule has 1 saturated carbocycles. The maximum absolute atomic E-state index is 13.1. The zero-order chi connectivity index (χ0) is 24.7. The molecule has 1 fully saturated rings. The Morgan fingerprint density at radius 3 is 2.32 bits per heavy atom. The molecule has 2 aromatic rings. The summed E-state index contributed by atoms with van der Waals surface area (Å²) in [4.78, 5) is 25.6. The lowest BCUT2D eigenvalue weighted by atomic mass is 9.76. The maximum atomic E-state index is 13.1. The van der Waals surface area contributed by atoms with Gasteiger partial charge in [0.25, 0.3) is 0 Å². The standard InChI is InChI=1S/C27H33Cl2NO4/c1-27(2,20-10-7-11-22(29)17-20)24(19-12-14-21(28)15-13-19)34-26(32)30-23(25(31)33-3)16-18-8-5-4-6-9-18/h7,10-15,17-18,23-24H,4-6,8-9,16H2,1-3H3,(H,30,32)/t23-,24?/m0/s1. The van der Waals surface area contributed by atoms with Gasteiger partial charge in [0.05, 0.1) is 7.11 Å². The Bertz CT molecular complexity index is 971. The van der Waals surface area contributed by atoms with Gasteiger partial charge >= 0.3 is 12.1 Å². The van der Waals surface area contributed by atoms with Gasteiger partial charge in [0.2, 0.25) is 0 Å². The summed E-state index contributed by atoms with van der Waals surface area (Å²) in [5.41, 5.74) is 1.08. The second kappa shape index (κ2) is 11.9. The van der Waals surface area contributed by atoms with Gasteiger partial charge in [-0.15, -0.1) is 0 Å². The van der Waals surface area contributed by atoms with Crippen LogP contribution < -0.4 is 5.32 Å². The number of ether oxygens (including phenoxy) is 2. The minimum atomic E-state index is -0.749. The molecule has 0 aromatic heterocycles. The van der Waals surface area contributed by atoms with Crippen molar-refractivity contribution in [3.05, 3.63) is 69.7 Å². The summed E-state index contributed by atoms with van der Waals surface area (Å²) >= 11 is 12.3. The number of alkyl carbamates (subject to hydrolysis) is 1. The SMILES string of the molecule is COC(=O)[C@H](CC1CCCCC1)NC(=O)OC(c1ccc(Cl)cc1)C(C)(C)c1cccc(Cl)c1. The molecule has 2 atom stereocenters. The number of halogens is 2. The van der Waals surface area contributed by atoms with E-state index in [0.717, 1.165) is 36.8 Å². The van der Waals surface area contributed by atoms with Crippen molar-refractivity contribution in [2.24, 2.45) is 5.92 Å². The van der Waals surface area contributed by atoms with E-state index >= 15 is 0 Å². The number of benzene rings is 2. The van der Waals surface area contributed by atoms with Gasteiger partial charge < -0.3 is 14.8 Å². The third-order valence-corrected chi connectivity index (χ3v) is 7.18. The highest BCUT2D eigenvalue weighted by molar-refractivity contribution is 6.30. The molecule has 1 amide bonds. The van der Waals surface area contributed by atoms with Crippen molar-refractivity contribution < 1.29 is 19.1 Å². The molecule has 5 nitrogen and oxygen atoms in total. The molecule has 0 saturated heterocycles. The normalized spacial score (nSPS) is 16.4. The van der Waals surface area contributed by atoms with Crippen LogP contribution in [-0.2, 0) is 19.7 Å². The average molecular weight is 506 g/mol. The van der Waals surface area contributed by atoms with Crippen molar-refractivity contribution in [1.82, 2.24) is 5.32 Å². The molecule has 1 N–H and O–H groups in total. The van der Waals surface area contributed by atoms with E-state index in [4.69, 9.17) is 32.7 Å². The smallest absolute Gasteiger partial charge is 0.408 e. The van der Waals surface area contributed by atoms with Crippen molar-refractivity contribution in [3.8, 4) is 0 Å². The Morgan fingerprint density at radius 2 is 1.71 bits per heavy atom. The predicted octanol–water partition coefficient (Wildman–Crippen LogP) is 7.25. The van der Waals surface area contributed by atoms with Gasteiger partial charge in [-0.25, -0.2) is 9.59 Å². The number of hydrogen-bond donors (Lipinski definition) is 1. The molecule has 1 aliphatic carbocycles. The van der Waals surface area contributed by atoms with Crippen LogP contribution in [0.3, 0.4) is 0 Å². The van der Waals surface area contributed by atoms with E-state index in [0.29, 0.717) is 22.4 Å². The van der Waals surface area contributed by atoms with Gasteiger partial charge in [-0.1, -0.05) is 93.4 Å². The highest BCUT2D eigenvalue weighted by Gasteiger charge is 2.37. The molecule has 2 aromatic carbocycles. The molecule has 34 heavy (non-hydrogen) atoms. The van der Waals surface area contributed by atoms with Crippen molar-refractivity contribution >= 4 is 35.3 Å². The molecular weight excluding hydrogens is 473 g/mol. The van der Waals surface area contributed by atoms with Gasteiger partial charge in [0, 0.05) is 15.5 Å². The second-order valence-electron chi connectivity index (χ2n) is 9.53. The molecule has 0 aliphatic heterocycles. The molecule has 0 spiro atoms. The summed E-state index contributed by atoms with van der Waals surface area (Å²) < 4.78 is 11.0.